The minimum atomic E-state index is -0.426. The number of benzene rings is 1. The third-order valence-electron chi connectivity index (χ3n) is 3.69. The van der Waals surface area contributed by atoms with Crippen LogP contribution in [0.3, 0.4) is 0 Å². The zero-order valence-electron chi connectivity index (χ0n) is 12.8. The van der Waals surface area contributed by atoms with Gasteiger partial charge in [-0.25, -0.2) is 4.79 Å². The fourth-order valence-corrected chi connectivity index (χ4v) is 2.45. The van der Waals surface area contributed by atoms with E-state index in [1.54, 1.807) is 24.4 Å². The smallest absolute Gasteiger partial charge is 0.336 e. The predicted octanol–water partition coefficient (Wildman–Crippen LogP) is 3.45. The molecule has 0 amide bonds. The van der Waals surface area contributed by atoms with Crippen molar-refractivity contribution in [2.45, 2.75) is 26.2 Å². The number of nitrogens with one attached hydrogen (secondary N) is 1. The molecule has 0 radical (unpaired) electrons. The molecule has 1 N–H and O–H groups in total. The molecule has 3 aromatic rings. The van der Waals surface area contributed by atoms with Crippen molar-refractivity contribution in [3.05, 3.63) is 68.9 Å². The highest BCUT2D eigenvalue weighted by Gasteiger charge is 2.19. The molecular formula is C18H17NO3. The summed E-state index contributed by atoms with van der Waals surface area (Å²) in [5, 5.41) is 0.810. The molecule has 0 bridgehead atoms. The Kier molecular flexibility index (Phi) is 3.24. The minimum Gasteiger partial charge on any atom is -0.422 e. The molecule has 0 unspecified atom stereocenters. The van der Waals surface area contributed by atoms with Crippen LogP contribution in [0.5, 0.6) is 0 Å². The average Bonchev–Trinajstić information content (AvgIpc) is 2.46. The molecule has 3 rings (SSSR count). The Morgan fingerprint density at radius 2 is 1.77 bits per heavy atom. The van der Waals surface area contributed by atoms with Gasteiger partial charge in [-0.3, -0.25) is 4.79 Å². The zero-order chi connectivity index (χ0) is 15.9. The SMILES string of the molecule is CC(C)(C)c1cc(-c2ccc[nH]c2=O)c2oc(=O)ccc2c1. The molecule has 0 saturated carbocycles. The number of hydrogen-bond acceptors (Lipinski definition) is 3. The van der Waals surface area contributed by atoms with E-state index in [2.05, 4.69) is 25.8 Å². The van der Waals surface area contributed by atoms with Crippen LogP contribution in [0.4, 0.5) is 0 Å². The lowest BCUT2D eigenvalue weighted by Crippen LogP contribution is -2.13. The number of fused-ring (bicyclic) bond motifs is 1. The molecule has 0 aliphatic heterocycles. The van der Waals surface area contributed by atoms with Gasteiger partial charge in [-0.05, 0) is 41.3 Å². The van der Waals surface area contributed by atoms with Crippen LogP contribution in [0.15, 0.2) is 56.6 Å². The number of pyridine rings is 1. The van der Waals surface area contributed by atoms with Gasteiger partial charge < -0.3 is 9.40 Å². The van der Waals surface area contributed by atoms with Crippen LogP contribution in [0.25, 0.3) is 22.1 Å². The zero-order valence-corrected chi connectivity index (χ0v) is 12.8. The van der Waals surface area contributed by atoms with Gasteiger partial charge in [0.2, 0.25) is 0 Å². The second-order valence-electron chi connectivity index (χ2n) is 6.36. The summed E-state index contributed by atoms with van der Waals surface area (Å²) in [5.74, 6) is 0. The fourth-order valence-electron chi connectivity index (χ4n) is 2.45. The summed E-state index contributed by atoms with van der Waals surface area (Å²) in [5.41, 5.74) is 1.94. The highest BCUT2D eigenvalue weighted by molar-refractivity contribution is 5.92. The molecule has 4 heteroatoms. The largest absolute Gasteiger partial charge is 0.422 e. The summed E-state index contributed by atoms with van der Waals surface area (Å²) in [6.07, 6.45) is 1.58. The van der Waals surface area contributed by atoms with E-state index in [-0.39, 0.29) is 11.0 Å². The molecule has 2 heterocycles. The number of aromatic amines is 1. The number of aromatic nitrogens is 1. The normalized spacial score (nSPS) is 11.8. The van der Waals surface area contributed by atoms with Crippen molar-refractivity contribution in [2.24, 2.45) is 0 Å². The van der Waals surface area contributed by atoms with Crippen LogP contribution in [-0.4, -0.2) is 4.98 Å². The summed E-state index contributed by atoms with van der Waals surface area (Å²) in [6, 6.07) is 10.5. The van der Waals surface area contributed by atoms with Gasteiger partial charge >= 0.3 is 5.63 Å². The quantitative estimate of drug-likeness (QED) is 0.699. The molecule has 2 aromatic heterocycles. The molecule has 112 valence electrons. The van der Waals surface area contributed by atoms with E-state index in [1.807, 2.05) is 12.1 Å². The van der Waals surface area contributed by atoms with E-state index in [0.29, 0.717) is 16.7 Å². The summed E-state index contributed by atoms with van der Waals surface area (Å²) < 4.78 is 5.36. The van der Waals surface area contributed by atoms with E-state index < -0.39 is 5.63 Å². The molecular weight excluding hydrogens is 278 g/mol. The number of H-pyrrole nitrogens is 1. The molecule has 0 atom stereocenters. The van der Waals surface area contributed by atoms with Gasteiger partial charge in [0.05, 0.1) is 5.56 Å². The van der Waals surface area contributed by atoms with Gasteiger partial charge in [0.1, 0.15) is 5.58 Å². The van der Waals surface area contributed by atoms with Crippen LogP contribution in [0, 0.1) is 0 Å². The summed E-state index contributed by atoms with van der Waals surface area (Å²) in [6.45, 7) is 6.31. The summed E-state index contributed by atoms with van der Waals surface area (Å²) in [7, 11) is 0. The van der Waals surface area contributed by atoms with Crippen molar-refractivity contribution in [3.63, 3.8) is 0 Å². The van der Waals surface area contributed by atoms with E-state index >= 15 is 0 Å². The van der Waals surface area contributed by atoms with Crippen LogP contribution in [0.1, 0.15) is 26.3 Å². The van der Waals surface area contributed by atoms with Crippen molar-refractivity contribution >= 4 is 11.0 Å². The maximum atomic E-state index is 12.1. The first-order valence-corrected chi connectivity index (χ1v) is 7.13. The molecule has 0 fully saturated rings. The van der Waals surface area contributed by atoms with Crippen molar-refractivity contribution in [1.82, 2.24) is 4.98 Å². The Balaban J connectivity index is 2.45. The third-order valence-corrected chi connectivity index (χ3v) is 3.69. The molecule has 0 spiro atoms. The van der Waals surface area contributed by atoms with Crippen molar-refractivity contribution in [1.29, 1.82) is 0 Å². The van der Waals surface area contributed by atoms with Crippen molar-refractivity contribution in [3.8, 4) is 11.1 Å². The van der Waals surface area contributed by atoms with Crippen LogP contribution in [0.2, 0.25) is 0 Å². The van der Waals surface area contributed by atoms with Crippen molar-refractivity contribution in [2.75, 3.05) is 0 Å². The molecule has 4 nitrogen and oxygen atoms in total. The van der Waals surface area contributed by atoms with Gasteiger partial charge in [0.25, 0.3) is 5.56 Å². The molecule has 1 aromatic carbocycles. The summed E-state index contributed by atoms with van der Waals surface area (Å²) in [4.78, 5) is 26.4. The van der Waals surface area contributed by atoms with Gasteiger partial charge in [-0.15, -0.1) is 0 Å². The topological polar surface area (TPSA) is 63.1 Å². The van der Waals surface area contributed by atoms with Gasteiger partial charge in [-0.2, -0.15) is 0 Å². The first-order valence-electron chi connectivity index (χ1n) is 7.13. The molecule has 0 saturated heterocycles. The summed E-state index contributed by atoms with van der Waals surface area (Å²) >= 11 is 0. The number of hydrogen-bond donors (Lipinski definition) is 1. The Morgan fingerprint density at radius 1 is 1.00 bits per heavy atom. The predicted molar refractivity (Wildman–Crippen MR) is 87.2 cm³/mol. The van der Waals surface area contributed by atoms with E-state index in [0.717, 1.165) is 10.9 Å². The lowest BCUT2D eigenvalue weighted by atomic mass is 9.84. The molecule has 0 aliphatic carbocycles. The third kappa shape index (κ3) is 2.48. The van der Waals surface area contributed by atoms with E-state index in [4.69, 9.17) is 4.42 Å². The lowest BCUT2D eigenvalue weighted by molar-refractivity contribution is 0.559. The van der Waals surface area contributed by atoms with E-state index in [9.17, 15) is 9.59 Å². The maximum absolute atomic E-state index is 12.1. The average molecular weight is 295 g/mol. The standard InChI is InChI=1S/C18H17NO3/c1-18(2,3)12-9-11-6-7-15(20)22-16(11)14(10-12)13-5-4-8-19-17(13)21/h4-10H,1-3H3,(H,19,21). The molecule has 22 heavy (non-hydrogen) atoms. The van der Waals surface area contributed by atoms with Crippen LogP contribution in [-0.2, 0) is 5.41 Å². The molecule has 0 aliphatic rings. The minimum absolute atomic E-state index is 0.0827. The van der Waals surface area contributed by atoms with Crippen LogP contribution < -0.4 is 11.2 Å². The first kappa shape index (κ1) is 14.3. The lowest BCUT2D eigenvalue weighted by Gasteiger charge is -2.20. The monoisotopic (exact) mass is 295 g/mol. The fraction of sp³-hybridized carbons (Fsp3) is 0.222. The second-order valence-corrected chi connectivity index (χ2v) is 6.36. The Morgan fingerprint density at radius 3 is 2.45 bits per heavy atom. The number of rotatable bonds is 1. The second kappa shape index (κ2) is 4.98. The Labute approximate surface area is 127 Å². The maximum Gasteiger partial charge on any atom is 0.336 e. The Hall–Kier alpha value is -2.62. The highest BCUT2D eigenvalue weighted by atomic mass is 16.4. The van der Waals surface area contributed by atoms with Gasteiger partial charge in [0.15, 0.2) is 0 Å². The van der Waals surface area contributed by atoms with Crippen LogP contribution >= 0.6 is 0 Å². The van der Waals surface area contributed by atoms with Crippen molar-refractivity contribution < 1.29 is 4.42 Å². The van der Waals surface area contributed by atoms with E-state index in [1.165, 1.54) is 6.07 Å². The highest BCUT2D eigenvalue weighted by Crippen LogP contribution is 2.32. The first-order chi connectivity index (χ1) is 10.4. The van der Waals surface area contributed by atoms with Gasteiger partial charge in [0, 0.05) is 23.2 Å². The van der Waals surface area contributed by atoms with Gasteiger partial charge in [-0.1, -0.05) is 20.8 Å². The Bertz CT molecular complexity index is 958.